The molecule has 0 fully saturated rings. The highest BCUT2D eigenvalue weighted by Gasteiger charge is 2.29. The van der Waals surface area contributed by atoms with Crippen LogP contribution in [0.2, 0.25) is 5.02 Å². The molecule has 1 aromatic carbocycles. The Balaban J connectivity index is 2.94. The van der Waals surface area contributed by atoms with E-state index in [2.05, 4.69) is 4.72 Å². The Morgan fingerprint density at radius 1 is 1.37 bits per heavy atom. The Morgan fingerprint density at radius 2 is 1.95 bits per heavy atom. The maximum atomic E-state index is 12.1. The third-order valence-electron chi connectivity index (χ3n) is 2.82. The summed E-state index contributed by atoms with van der Waals surface area (Å²) in [5.41, 5.74) is 1.94. The van der Waals surface area contributed by atoms with Gasteiger partial charge in [-0.15, -0.1) is 4.72 Å². The minimum absolute atomic E-state index is 0.0860. The fraction of sp³-hybridized carbons (Fsp3) is 0.571. The van der Waals surface area contributed by atoms with Crippen LogP contribution in [0.5, 0.6) is 5.75 Å². The molecule has 19 heavy (non-hydrogen) atoms. The molecule has 0 heterocycles. The van der Waals surface area contributed by atoms with Crippen molar-refractivity contribution in [3.63, 3.8) is 0 Å². The summed E-state index contributed by atoms with van der Waals surface area (Å²) in [5, 5.41) is 0.619. The lowest BCUT2D eigenvalue weighted by Gasteiger charge is -2.27. The molecule has 2 atom stereocenters. The molecular weight excluding hydrogens is 282 g/mol. The van der Waals surface area contributed by atoms with E-state index in [0.29, 0.717) is 5.02 Å². The fourth-order valence-corrected chi connectivity index (χ4v) is 2.76. The van der Waals surface area contributed by atoms with Crippen molar-refractivity contribution in [3.05, 3.63) is 28.3 Å². The summed E-state index contributed by atoms with van der Waals surface area (Å²) in [5.74, 6) is 0.762. The molecule has 0 aliphatic rings. The van der Waals surface area contributed by atoms with Crippen LogP contribution in [0.3, 0.4) is 0 Å². The average molecular weight is 304 g/mol. The summed E-state index contributed by atoms with van der Waals surface area (Å²) < 4.78 is 20.1. The van der Waals surface area contributed by atoms with Gasteiger partial charge in [0.2, 0.25) is 0 Å². The minimum atomic E-state index is -1.13. The van der Waals surface area contributed by atoms with E-state index in [4.69, 9.17) is 16.3 Å². The van der Waals surface area contributed by atoms with E-state index < -0.39 is 11.4 Å². The van der Waals surface area contributed by atoms with E-state index in [-0.39, 0.29) is 10.8 Å². The Labute approximate surface area is 124 Å². The monoisotopic (exact) mass is 303 g/mol. The van der Waals surface area contributed by atoms with Crippen LogP contribution in [-0.2, 0) is 11.4 Å². The largest absolute Gasteiger partial charge is 0.598 e. The zero-order valence-electron chi connectivity index (χ0n) is 12.3. The summed E-state index contributed by atoms with van der Waals surface area (Å²) in [4.78, 5) is 0. The van der Waals surface area contributed by atoms with Gasteiger partial charge in [-0.05, 0) is 57.9 Å². The van der Waals surface area contributed by atoms with Gasteiger partial charge >= 0.3 is 0 Å². The van der Waals surface area contributed by atoms with Gasteiger partial charge in [-0.1, -0.05) is 11.6 Å². The van der Waals surface area contributed by atoms with E-state index in [1.54, 1.807) is 13.2 Å². The molecule has 0 unspecified atom stereocenters. The zero-order chi connectivity index (χ0) is 14.8. The molecule has 0 aliphatic heterocycles. The molecule has 0 aromatic heterocycles. The number of hydrogen-bond donors (Lipinski definition) is 1. The van der Waals surface area contributed by atoms with Crippen LogP contribution >= 0.6 is 11.6 Å². The summed E-state index contributed by atoms with van der Waals surface area (Å²) in [6.45, 7) is 9.72. The van der Waals surface area contributed by atoms with Crippen molar-refractivity contribution < 1.29 is 9.29 Å². The van der Waals surface area contributed by atoms with Gasteiger partial charge in [0, 0.05) is 16.4 Å². The van der Waals surface area contributed by atoms with Gasteiger partial charge in [0.1, 0.15) is 10.5 Å². The molecule has 1 N–H and O–H groups in total. The second-order valence-electron chi connectivity index (χ2n) is 5.56. The van der Waals surface area contributed by atoms with Crippen LogP contribution < -0.4 is 9.46 Å². The lowest BCUT2D eigenvalue weighted by molar-refractivity contribution is 0.411. The van der Waals surface area contributed by atoms with Gasteiger partial charge in [-0.25, -0.2) is 0 Å². The summed E-state index contributed by atoms with van der Waals surface area (Å²) in [6.07, 6.45) is 0. The first-order valence-corrected chi connectivity index (χ1v) is 7.71. The van der Waals surface area contributed by atoms with Crippen molar-refractivity contribution in [2.75, 3.05) is 7.11 Å². The van der Waals surface area contributed by atoms with Crippen molar-refractivity contribution in [1.29, 1.82) is 0 Å². The number of methoxy groups -OCH3 is 1. The first-order valence-electron chi connectivity index (χ1n) is 6.19. The van der Waals surface area contributed by atoms with Gasteiger partial charge in [-0.3, -0.25) is 0 Å². The highest BCUT2D eigenvalue weighted by Crippen LogP contribution is 2.31. The second kappa shape index (κ2) is 6.35. The molecule has 0 radical (unpaired) electrons. The van der Waals surface area contributed by atoms with Crippen LogP contribution in [0.4, 0.5) is 0 Å². The molecule has 0 aliphatic carbocycles. The van der Waals surface area contributed by atoms with Crippen molar-refractivity contribution in [3.8, 4) is 5.75 Å². The highest BCUT2D eigenvalue weighted by molar-refractivity contribution is 7.90. The summed E-state index contributed by atoms with van der Waals surface area (Å²) in [7, 11) is 1.62. The number of nitrogens with one attached hydrogen (secondary N) is 1. The van der Waals surface area contributed by atoms with Crippen molar-refractivity contribution >= 4 is 23.0 Å². The molecular formula is C14H22ClNO2S. The summed E-state index contributed by atoms with van der Waals surface area (Å²) >= 11 is 5.12. The lowest BCUT2D eigenvalue weighted by atomic mass is 10.1. The van der Waals surface area contributed by atoms with E-state index in [1.165, 1.54) is 0 Å². The molecule has 0 amide bonds. The SMILES string of the molecule is COc1cc(Cl)c([C@H](C)N[S@+]([O-])C(C)(C)C)cc1C. The number of halogens is 1. The van der Waals surface area contributed by atoms with Crippen LogP contribution in [0.1, 0.15) is 44.9 Å². The Bertz CT molecular complexity index is 446. The topological polar surface area (TPSA) is 44.3 Å². The van der Waals surface area contributed by atoms with Gasteiger partial charge < -0.3 is 9.29 Å². The molecule has 0 saturated heterocycles. The average Bonchev–Trinajstić information content (AvgIpc) is 2.30. The third-order valence-corrected chi connectivity index (χ3v) is 4.83. The van der Waals surface area contributed by atoms with Gasteiger partial charge in [0.05, 0.1) is 13.2 Å². The molecule has 108 valence electrons. The quantitative estimate of drug-likeness (QED) is 0.861. The van der Waals surface area contributed by atoms with Gasteiger partial charge in [0.15, 0.2) is 0 Å². The van der Waals surface area contributed by atoms with E-state index in [9.17, 15) is 4.55 Å². The smallest absolute Gasteiger partial charge is 0.136 e. The zero-order valence-corrected chi connectivity index (χ0v) is 13.9. The number of benzene rings is 1. The van der Waals surface area contributed by atoms with E-state index >= 15 is 0 Å². The van der Waals surface area contributed by atoms with Crippen LogP contribution in [0.25, 0.3) is 0 Å². The molecule has 3 nitrogen and oxygen atoms in total. The van der Waals surface area contributed by atoms with Crippen LogP contribution in [-0.4, -0.2) is 16.4 Å². The number of rotatable bonds is 4. The maximum Gasteiger partial charge on any atom is 0.136 e. The van der Waals surface area contributed by atoms with Crippen molar-refractivity contribution in [1.82, 2.24) is 4.72 Å². The number of hydrogen-bond acceptors (Lipinski definition) is 3. The van der Waals surface area contributed by atoms with Crippen molar-refractivity contribution in [2.24, 2.45) is 0 Å². The minimum Gasteiger partial charge on any atom is -0.598 e. The standard InChI is InChI=1S/C14H22ClNO2S/c1-9-7-11(12(15)8-13(9)18-6)10(2)16-19(17)14(3,4)5/h7-8,10,16H,1-6H3/t10-,19+/m0/s1. The summed E-state index contributed by atoms with van der Waals surface area (Å²) in [6, 6.07) is 3.68. The molecule has 0 saturated carbocycles. The first-order chi connectivity index (χ1) is 8.66. The highest BCUT2D eigenvalue weighted by atomic mass is 35.5. The lowest BCUT2D eigenvalue weighted by Crippen LogP contribution is -2.40. The van der Waals surface area contributed by atoms with E-state index in [0.717, 1.165) is 16.9 Å². The van der Waals surface area contributed by atoms with Gasteiger partial charge in [-0.2, -0.15) is 0 Å². The van der Waals surface area contributed by atoms with E-state index in [1.807, 2.05) is 40.7 Å². The fourth-order valence-electron chi connectivity index (χ4n) is 1.64. The van der Waals surface area contributed by atoms with Crippen LogP contribution in [0, 0.1) is 6.92 Å². The number of aryl methyl sites for hydroxylation is 1. The molecule has 5 heteroatoms. The predicted molar refractivity (Wildman–Crippen MR) is 82.2 cm³/mol. The molecule has 1 aromatic rings. The first kappa shape index (κ1) is 16.6. The van der Waals surface area contributed by atoms with Gasteiger partial charge in [0.25, 0.3) is 0 Å². The third kappa shape index (κ3) is 4.28. The Kier molecular flexibility index (Phi) is 5.56. The predicted octanol–water partition coefficient (Wildman–Crippen LogP) is 3.77. The number of ether oxygens (including phenoxy) is 1. The molecule has 1 rings (SSSR count). The normalized spacial score (nSPS) is 15.2. The molecule has 0 bridgehead atoms. The van der Waals surface area contributed by atoms with Crippen molar-refractivity contribution in [2.45, 2.75) is 45.4 Å². The second-order valence-corrected chi connectivity index (χ2v) is 7.97. The maximum absolute atomic E-state index is 12.1. The van der Waals surface area contributed by atoms with Crippen LogP contribution in [0.15, 0.2) is 12.1 Å². The Hall–Kier alpha value is -0.420. The molecule has 0 spiro atoms. The Morgan fingerprint density at radius 3 is 2.42 bits per heavy atom.